The molecule has 0 aromatic carbocycles. The molecule has 1 radical (unpaired) electrons. The third-order valence-electron chi connectivity index (χ3n) is 1.77. The van der Waals surface area contributed by atoms with Crippen LogP contribution in [0.3, 0.4) is 0 Å². The van der Waals surface area contributed by atoms with E-state index < -0.39 is 0 Å². The van der Waals surface area contributed by atoms with Gasteiger partial charge in [0.15, 0.2) is 0 Å². The van der Waals surface area contributed by atoms with E-state index in [1.54, 1.807) is 0 Å². The molecule has 12 heavy (non-hydrogen) atoms. The molecule has 0 atom stereocenters. The summed E-state index contributed by atoms with van der Waals surface area (Å²) in [6, 6.07) is 1.35. The van der Waals surface area contributed by atoms with Gasteiger partial charge in [0.25, 0.3) is 0 Å². The van der Waals surface area contributed by atoms with E-state index in [1.807, 2.05) is 18.7 Å². The third-order valence-corrected chi connectivity index (χ3v) is 1.77. The molecule has 0 saturated carbocycles. The van der Waals surface area contributed by atoms with Gasteiger partial charge in [-0.15, -0.1) is 0 Å². The second-order valence-corrected chi connectivity index (χ2v) is 2.43. The summed E-state index contributed by atoms with van der Waals surface area (Å²) in [5.41, 5.74) is 0.461. The fraction of sp³-hybridized carbons (Fsp3) is 0.444. The molecule has 1 aromatic rings. The molecule has 0 spiro atoms. The van der Waals surface area contributed by atoms with Gasteiger partial charge in [-0.05, 0) is 19.9 Å². The van der Waals surface area contributed by atoms with Gasteiger partial charge in [0.1, 0.15) is 17.7 Å². The summed E-state index contributed by atoms with van der Waals surface area (Å²) < 4.78 is 13.1. The first kappa shape index (κ1) is 8.97. The summed E-state index contributed by atoms with van der Waals surface area (Å²) in [7, 11) is 0. The molecule has 0 fully saturated rings. The molecule has 0 amide bonds. The van der Waals surface area contributed by atoms with Gasteiger partial charge in [-0.1, -0.05) is 0 Å². The van der Waals surface area contributed by atoms with Crippen LogP contribution in [-0.4, -0.2) is 18.1 Å². The van der Waals surface area contributed by atoms with Crippen LogP contribution in [0.5, 0.6) is 0 Å². The Morgan fingerprint density at radius 3 is 2.67 bits per heavy atom. The highest BCUT2D eigenvalue weighted by Crippen LogP contribution is 2.15. The predicted molar refractivity (Wildman–Crippen MR) is 46.6 cm³/mol. The van der Waals surface area contributed by atoms with E-state index in [-0.39, 0.29) is 5.82 Å². The smallest absolute Gasteiger partial charge is 0.150 e. The molecular formula is C9H12FN2. The van der Waals surface area contributed by atoms with Crippen LogP contribution in [-0.2, 0) is 0 Å². The first-order valence-electron chi connectivity index (χ1n) is 4.06. The van der Waals surface area contributed by atoms with Crippen molar-refractivity contribution in [1.29, 1.82) is 0 Å². The quantitative estimate of drug-likeness (QED) is 0.683. The summed E-state index contributed by atoms with van der Waals surface area (Å²) in [4.78, 5) is 5.63. The minimum Gasteiger partial charge on any atom is -0.368 e. The Morgan fingerprint density at radius 2 is 2.17 bits per heavy atom. The van der Waals surface area contributed by atoms with Gasteiger partial charge in [0, 0.05) is 19.3 Å². The van der Waals surface area contributed by atoms with Crippen molar-refractivity contribution < 1.29 is 4.39 Å². The van der Waals surface area contributed by atoms with E-state index in [0.29, 0.717) is 5.69 Å². The zero-order valence-corrected chi connectivity index (χ0v) is 7.34. The molecule has 0 saturated heterocycles. The van der Waals surface area contributed by atoms with Crippen LogP contribution in [0.15, 0.2) is 12.3 Å². The number of aromatic nitrogens is 1. The Bertz CT molecular complexity index is 246. The fourth-order valence-corrected chi connectivity index (χ4v) is 1.10. The number of nitrogens with zero attached hydrogens (tertiary/aromatic N) is 2. The van der Waals surface area contributed by atoms with Crippen LogP contribution in [0.25, 0.3) is 0 Å². The molecule has 1 heterocycles. The molecule has 0 bridgehead atoms. The van der Waals surface area contributed by atoms with Gasteiger partial charge < -0.3 is 4.90 Å². The maximum absolute atomic E-state index is 13.1. The number of rotatable bonds is 3. The Morgan fingerprint density at radius 1 is 1.50 bits per heavy atom. The second kappa shape index (κ2) is 4.04. The van der Waals surface area contributed by atoms with E-state index >= 15 is 0 Å². The second-order valence-electron chi connectivity index (χ2n) is 2.43. The molecule has 1 aromatic heterocycles. The number of hydrogen-bond acceptors (Lipinski definition) is 2. The van der Waals surface area contributed by atoms with Crippen molar-refractivity contribution >= 4 is 5.69 Å². The van der Waals surface area contributed by atoms with E-state index in [1.165, 1.54) is 12.3 Å². The van der Waals surface area contributed by atoms with Crippen LogP contribution in [0, 0.1) is 12.0 Å². The molecule has 2 nitrogen and oxygen atoms in total. The SMILES string of the molecule is CCN(CC)c1[c]nccc1F. The number of pyridine rings is 1. The molecule has 3 heteroatoms. The van der Waals surface area contributed by atoms with Gasteiger partial charge in [-0.3, -0.25) is 4.98 Å². The van der Waals surface area contributed by atoms with Crippen LogP contribution >= 0.6 is 0 Å². The van der Waals surface area contributed by atoms with Crippen LogP contribution < -0.4 is 4.90 Å². The maximum atomic E-state index is 13.1. The fourth-order valence-electron chi connectivity index (χ4n) is 1.10. The zero-order chi connectivity index (χ0) is 8.97. The highest BCUT2D eigenvalue weighted by molar-refractivity contribution is 5.43. The topological polar surface area (TPSA) is 16.1 Å². The lowest BCUT2D eigenvalue weighted by Gasteiger charge is -2.20. The normalized spacial score (nSPS) is 9.92. The predicted octanol–water partition coefficient (Wildman–Crippen LogP) is 1.87. The number of anilines is 1. The van der Waals surface area contributed by atoms with E-state index in [9.17, 15) is 4.39 Å². The highest BCUT2D eigenvalue weighted by Gasteiger charge is 2.07. The molecule has 0 N–H and O–H groups in total. The Balaban J connectivity index is 2.92. The molecule has 0 aliphatic rings. The van der Waals surface area contributed by atoms with Crippen molar-refractivity contribution in [1.82, 2.24) is 4.98 Å². The van der Waals surface area contributed by atoms with Crippen LogP contribution in [0.1, 0.15) is 13.8 Å². The van der Waals surface area contributed by atoms with Gasteiger partial charge in [0.2, 0.25) is 0 Å². The summed E-state index contributed by atoms with van der Waals surface area (Å²) in [6.07, 6.45) is 4.04. The summed E-state index contributed by atoms with van der Waals surface area (Å²) in [6.45, 7) is 5.50. The Kier molecular flexibility index (Phi) is 3.02. The van der Waals surface area contributed by atoms with Crippen molar-refractivity contribution in [2.24, 2.45) is 0 Å². The molecule has 0 aliphatic heterocycles. The lowest BCUT2D eigenvalue weighted by atomic mass is 10.3. The Hall–Kier alpha value is -1.12. The maximum Gasteiger partial charge on any atom is 0.150 e. The molecule has 0 unspecified atom stereocenters. The molecule has 0 aliphatic carbocycles. The molecule has 65 valence electrons. The minimum atomic E-state index is -0.256. The minimum absolute atomic E-state index is 0.256. The third kappa shape index (κ3) is 1.72. The van der Waals surface area contributed by atoms with Crippen molar-refractivity contribution in [2.75, 3.05) is 18.0 Å². The van der Waals surface area contributed by atoms with Crippen LogP contribution in [0.2, 0.25) is 0 Å². The number of hydrogen-bond donors (Lipinski definition) is 0. The lowest BCUT2D eigenvalue weighted by Crippen LogP contribution is -2.23. The van der Waals surface area contributed by atoms with Crippen molar-refractivity contribution in [3.63, 3.8) is 0 Å². The average Bonchev–Trinajstić information content (AvgIpc) is 2.10. The van der Waals surface area contributed by atoms with Crippen molar-refractivity contribution in [3.05, 3.63) is 24.3 Å². The van der Waals surface area contributed by atoms with Gasteiger partial charge >= 0.3 is 0 Å². The first-order valence-corrected chi connectivity index (χ1v) is 4.06. The summed E-state index contributed by atoms with van der Waals surface area (Å²) in [5.74, 6) is -0.256. The monoisotopic (exact) mass is 167 g/mol. The van der Waals surface area contributed by atoms with Crippen LogP contribution in [0.4, 0.5) is 10.1 Å². The van der Waals surface area contributed by atoms with Gasteiger partial charge in [0.05, 0.1) is 0 Å². The van der Waals surface area contributed by atoms with Crippen molar-refractivity contribution in [3.8, 4) is 0 Å². The standard InChI is InChI=1S/C9H12FN2/c1-3-12(4-2)9-7-11-6-5-8(9)10/h5-6H,3-4H2,1-2H3. The van der Waals surface area contributed by atoms with Gasteiger partial charge in [-0.2, -0.15) is 0 Å². The van der Waals surface area contributed by atoms with E-state index in [2.05, 4.69) is 11.2 Å². The number of halogens is 1. The van der Waals surface area contributed by atoms with E-state index in [0.717, 1.165) is 13.1 Å². The lowest BCUT2D eigenvalue weighted by molar-refractivity contribution is 0.617. The van der Waals surface area contributed by atoms with Crippen molar-refractivity contribution in [2.45, 2.75) is 13.8 Å². The summed E-state index contributed by atoms with van der Waals surface area (Å²) in [5, 5.41) is 0. The largest absolute Gasteiger partial charge is 0.368 e. The van der Waals surface area contributed by atoms with E-state index in [4.69, 9.17) is 0 Å². The first-order chi connectivity index (χ1) is 5.79. The molecule has 1 rings (SSSR count). The summed E-state index contributed by atoms with van der Waals surface area (Å²) >= 11 is 0. The average molecular weight is 167 g/mol. The Labute approximate surface area is 72.0 Å². The van der Waals surface area contributed by atoms with Gasteiger partial charge in [-0.25, -0.2) is 4.39 Å². The zero-order valence-electron chi connectivity index (χ0n) is 7.34. The highest BCUT2D eigenvalue weighted by atomic mass is 19.1. The molecular weight excluding hydrogens is 155 g/mol.